The molecule has 0 aliphatic carbocycles. The van der Waals surface area contributed by atoms with Gasteiger partial charge in [0.1, 0.15) is 5.69 Å². The highest BCUT2D eigenvalue weighted by atomic mass is 19.4. The van der Waals surface area contributed by atoms with Gasteiger partial charge in [0, 0.05) is 18.8 Å². The molecule has 0 saturated heterocycles. The zero-order chi connectivity index (χ0) is 14.8. The van der Waals surface area contributed by atoms with Crippen LogP contribution in [0, 0.1) is 0 Å². The Bertz CT molecular complexity index is 601. The summed E-state index contributed by atoms with van der Waals surface area (Å²) in [5, 5.41) is 11.6. The summed E-state index contributed by atoms with van der Waals surface area (Å²) >= 11 is 0. The first-order valence-electron chi connectivity index (χ1n) is 5.83. The monoisotopic (exact) mass is 287 g/mol. The summed E-state index contributed by atoms with van der Waals surface area (Å²) in [7, 11) is 0. The number of aromatic amines is 1. The van der Waals surface area contributed by atoms with Crippen LogP contribution in [0.1, 0.15) is 28.8 Å². The number of nitrogens with one attached hydrogen (secondary N) is 2. The number of amides is 1. The van der Waals surface area contributed by atoms with Gasteiger partial charge in [-0.25, -0.2) is 0 Å². The van der Waals surface area contributed by atoms with Gasteiger partial charge in [-0.2, -0.15) is 23.4 Å². The van der Waals surface area contributed by atoms with Crippen molar-refractivity contribution < 1.29 is 18.0 Å². The average molecular weight is 287 g/mol. The molecule has 0 aromatic carbocycles. The van der Waals surface area contributed by atoms with Crippen LogP contribution >= 0.6 is 0 Å². The largest absolute Gasteiger partial charge is 0.432 e. The first-order valence-corrected chi connectivity index (χ1v) is 5.83. The van der Waals surface area contributed by atoms with Crippen LogP contribution in [0.2, 0.25) is 0 Å². The van der Waals surface area contributed by atoms with E-state index >= 15 is 0 Å². The maximum absolute atomic E-state index is 12.4. The van der Waals surface area contributed by atoms with Gasteiger partial charge in [-0.15, -0.1) is 0 Å². The predicted molar refractivity (Wildman–Crippen MR) is 62.7 cm³/mol. The van der Waals surface area contributed by atoms with Gasteiger partial charge in [0.05, 0.1) is 12.2 Å². The minimum Gasteiger partial charge on any atom is -0.345 e. The number of carbonyl (C=O) groups is 1. The Hall–Kier alpha value is -2.32. The van der Waals surface area contributed by atoms with Gasteiger partial charge in [0.25, 0.3) is 5.91 Å². The molecule has 9 heteroatoms. The van der Waals surface area contributed by atoms with E-state index < -0.39 is 17.8 Å². The number of hydrogen-bond acceptors (Lipinski definition) is 3. The average Bonchev–Trinajstić information content (AvgIpc) is 3.03. The number of aromatic nitrogens is 4. The van der Waals surface area contributed by atoms with Crippen LogP contribution in [0.4, 0.5) is 13.2 Å². The fourth-order valence-corrected chi connectivity index (χ4v) is 1.64. The van der Waals surface area contributed by atoms with E-state index in [1.807, 2.05) is 6.92 Å². The van der Waals surface area contributed by atoms with Crippen molar-refractivity contribution in [1.82, 2.24) is 25.3 Å². The molecule has 2 heterocycles. The molecule has 0 spiro atoms. The van der Waals surface area contributed by atoms with Crippen molar-refractivity contribution in [3.63, 3.8) is 0 Å². The molecule has 2 aromatic heterocycles. The van der Waals surface area contributed by atoms with E-state index in [0.29, 0.717) is 12.6 Å². The Morgan fingerprint density at radius 3 is 2.85 bits per heavy atom. The Morgan fingerprint density at radius 1 is 1.50 bits per heavy atom. The van der Waals surface area contributed by atoms with E-state index in [4.69, 9.17) is 0 Å². The van der Waals surface area contributed by atoms with E-state index in [0.717, 1.165) is 5.69 Å². The van der Waals surface area contributed by atoms with Crippen LogP contribution in [0.15, 0.2) is 18.3 Å². The molecule has 108 valence electrons. The molecule has 0 unspecified atom stereocenters. The molecule has 20 heavy (non-hydrogen) atoms. The minimum atomic E-state index is -4.55. The fourth-order valence-electron chi connectivity index (χ4n) is 1.64. The van der Waals surface area contributed by atoms with Gasteiger partial charge < -0.3 is 5.32 Å². The number of halogens is 3. The van der Waals surface area contributed by atoms with Crippen molar-refractivity contribution >= 4 is 5.91 Å². The van der Waals surface area contributed by atoms with Crippen LogP contribution in [0.5, 0.6) is 0 Å². The van der Waals surface area contributed by atoms with Crippen LogP contribution < -0.4 is 5.32 Å². The third-order valence-electron chi connectivity index (χ3n) is 2.65. The van der Waals surface area contributed by atoms with Crippen LogP contribution in [-0.4, -0.2) is 25.9 Å². The first kappa shape index (κ1) is 14.1. The van der Waals surface area contributed by atoms with Crippen molar-refractivity contribution in [2.24, 2.45) is 0 Å². The highest BCUT2D eigenvalue weighted by molar-refractivity contribution is 5.92. The lowest BCUT2D eigenvalue weighted by Gasteiger charge is -2.05. The zero-order valence-corrected chi connectivity index (χ0v) is 10.5. The van der Waals surface area contributed by atoms with E-state index in [-0.39, 0.29) is 12.2 Å². The Labute approximate surface area is 112 Å². The van der Waals surface area contributed by atoms with E-state index in [1.165, 1.54) is 0 Å². The SMILES string of the molecule is CCn1nccc1CNC(=O)c1cc(C(F)(F)F)[nH]n1. The summed E-state index contributed by atoms with van der Waals surface area (Å²) in [6.45, 7) is 2.70. The summed E-state index contributed by atoms with van der Waals surface area (Å²) in [5.41, 5.74) is -0.603. The molecular formula is C11H12F3N5O. The second-order valence-corrected chi connectivity index (χ2v) is 3.99. The van der Waals surface area contributed by atoms with E-state index in [2.05, 4.69) is 15.5 Å². The molecule has 0 radical (unpaired) electrons. The standard InChI is InChI=1S/C11H12F3N5O/c1-2-19-7(3-4-16-19)6-15-10(20)8-5-9(18-17-8)11(12,13)14/h3-5H,2,6H2,1H3,(H,15,20)(H,17,18). The zero-order valence-electron chi connectivity index (χ0n) is 10.5. The summed E-state index contributed by atoms with van der Waals surface area (Å²) in [4.78, 5) is 11.7. The number of rotatable bonds is 4. The van der Waals surface area contributed by atoms with Gasteiger partial charge in [-0.05, 0) is 13.0 Å². The Morgan fingerprint density at radius 2 is 2.25 bits per heavy atom. The lowest BCUT2D eigenvalue weighted by atomic mass is 10.3. The molecule has 6 nitrogen and oxygen atoms in total. The predicted octanol–water partition coefficient (Wildman–Crippen LogP) is 1.57. The highest BCUT2D eigenvalue weighted by Crippen LogP contribution is 2.27. The second-order valence-electron chi connectivity index (χ2n) is 3.99. The Kier molecular flexibility index (Phi) is 3.77. The third kappa shape index (κ3) is 2.98. The van der Waals surface area contributed by atoms with Crippen molar-refractivity contribution in [3.05, 3.63) is 35.4 Å². The van der Waals surface area contributed by atoms with Crippen LogP contribution in [0.25, 0.3) is 0 Å². The molecular weight excluding hydrogens is 275 g/mol. The number of carbonyl (C=O) groups excluding carboxylic acids is 1. The summed E-state index contributed by atoms with van der Waals surface area (Å²) in [6, 6.07) is 2.39. The lowest BCUT2D eigenvalue weighted by Crippen LogP contribution is -2.24. The van der Waals surface area contributed by atoms with Crippen molar-refractivity contribution in [3.8, 4) is 0 Å². The number of alkyl halides is 3. The highest BCUT2D eigenvalue weighted by Gasteiger charge is 2.33. The number of nitrogens with zero attached hydrogens (tertiary/aromatic N) is 3. The molecule has 0 bridgehead atoms. The molecule has 0 atom stereocenters. The molecule has 0 aliphatic heterocycles. The van der Waals surface area contributed by atoms with Crippen molar-refractivity contribution in [1.29, 1.82) is 0 Å². The fraction of sp³-hybridized carbons (Fsp3) is 0.364. The second kappa shape index (κ2) is 5.35. The lowest BCUT2D eigenvalue weighted by molar-refractivity contribution is -0.141. The molecule has 0 saturated carbocycles. The number of H-pyrrole nitrogens is 1. The maximum Gasteiger partial charge on any atom is 0.432 e. The van der Waals surface area contributed by atoms with Gasteiger partial charge in [-0.1, -0.05) is 0 Å². The molecule has 0 fully saturated rings. The summed E-state index contributed by atoms with van der Waals surface area (Å²) in [5.74, 6) is -0.680. The van der Waals surface area contributed by atoms with Gasteiger partial charge >= 0.3 is 6.18 Å². The Balaban J connectivity index is 2.00. The molecule has 2 N–H and O–H groups in total. The molecule has 0 aliphatic rings. The van der Waals surface area contributed by atoms with Gasteiger partial charge in [0.15, 0.2) is 5.69 Å². The number of aryl methyl sites for hydroxylation is 1. The molecule has 1 amide bonds. The quantitative estimate of drug-likeness (QED) is 0.896. The minimum absolute atomic E-state index is 0.168. The van der Waals surface area contributed by atoms with E-state index in [1.54, 1.807) is 22.0 Å². The van der Waals surface area contributed by atoms with Crippen LogP contribution in [-0.2, 0) is 19.3 Å². The third-order valence-corrected chi connectivity index (χ3v) is 2.65. The van der Waals surface area contributed by atoms with Crippen molar-refractivity contribution in [2.75, 3.05) is 0 Å². The summed E-state index contributed by atoms with van der Waals surface area (Å²) in [6.07, 6.45) is -2.96. The van der Waals surface area contributed by atoms with E-state index in [9.17, 15) is 18.0 Å². The number of hydrogen-bond donors (Lipinski definition) is 2. The topological polar surface area (TPSA) is 75.6 Å². The maximum atomic E-state index is 12.4. The normalized spacial score (nSPS) is 11.6. The van der Waals surface area contributed by atoms with Crippen molar-refractivity contribution in [2.45, 2.75) is 26.2 Å². The summed E-state index contributed by atoms with van der Waals surface area (Å²) < 4.78 is 38.7. The van der Waals surface area contributed by atoms with Gasteiger partial charge in [0.2, 0.25) is 0 Å². The van der Waals surface area contributed by atoms with Gasteiger partial charge in [-0.3, -0.25) is 14.6 Å². The molecule has 2 rings (SSSR count). The molecule has 2 aromatic rings. The smallest absolute Gasteiger partial charge is 0.345 e. The first-order chi connectivity index (χ1) is 9.41. The van der Waals surface area contributed by atoms with Crippen LogP contribution in [0.3, 0.4) is 0 Å².